The lowest BCUT2D eigenvalue weighted by atomic mass is 10.2. The zero-order valence-electron chi connectivity index (χ0n) is 20.4. The van der Waals surface area contributed by atoms with E-state index in [1.807, 2.05) is 42.5 Å². The van der Waals surface area contributed by atoms with E-state index in [-0.39, 0.29) is 11.4 Å². The van der Waals surface area contributed by atoms with E-state index in [0.717, 1.165) is 29.9 Å². The van der Waals surface area contributed by atoms with Crippen molar-refractivity contribution >= 4 is 87.5 Å². The fourth-order valence-electron chi connectivity index (χ4n) is 4.17. The second-order valence-corrected chi connectivity index (χ2v) is 11.9. The van der Waals surface area contributed by atoms with Gasteiger partial charge in [-0.1, -0.05) is 51.8 Å². The Hall–Kier alpha value is -3.24. The average molecular weight is 743 g/mol. The highest BCUT2D eigenvalue weighted by Gasteiger charge is 2.17. The Bertz CT molecular complexity index is 1960. The van der Waals surface area contributed by atoms with Crippen molar-refractivity contribution in [3.63, 3.8) is 0 Å². The molecule has 0 bridgehead atoms. The highest BCUT2D eigenvalue weighted by atomic mass is 79.9. The third-order valence-corrected chi connectivity index (χ3v) is 8.03. The van der Waals surface area contributed by atoms with Crippen molar-refractivity contribution in [1.82, 2.24) is 9.66 Å². The van der Waals surface area contributed by atoms with Crippen molar-refractivity contribution < 1.29 is 9.15 Å². The van der Waals surface area contributed by atoms with Crippen LogP contribution in [0, 0.1) is 0 Å². The molecule has 2 aromatic heterocycles. The minimum Gasteiger partial charge on any atom is -0.487 e. The molecule has 0 unspecified atom stereocenters. The van der Waals surface area contributed by atoms with Gasteiger partial charge in [0.05, 0.1) is 26.1 Å². The predicted octanol–water partition coefficient (Wildman–Crippen LogP) is 9.21. The maximum atomic E-state index is 13.5. The standard InChI is InChI=1S/C30H17Br3ClN3O3/c31-20-7-5-17(6-8-20)16-39-28-23(32)11-18(12-24(28)33)15-35-37-29(36-25-4-2-1-3-22(25)30(37)38)27-14-19-13-21(34)9-10-26(19)40-27/h1-15H,16H2. The van der Waals surface area contributed by atoms with Crippen LogP contribution in [0.2, 0.25) is 5.02 Å². The van der Waals surface area contributed by atoms with Crippen molar-refractivity contribution in [3.05, 3.63) is 125 Å². The van der Waals surface area contributed by atoms with Crippen LogP contribution in [-0.4, -0.2) is 15.9 Å². The molecule has 6 rings (SSSR count). The van der Waals surface area contributed by atoms with Crippen LogP contribution in [0.1, 0.15) is 11.1 Å². The van der Waals surface area contributed by atoms with Crippen LogP contribution in [0.15, 0.2) is 113 Å². The number of aromatic nitrogens is 2. The van der Waals surface area contributed by atoms with Crippen LogP contribution in [-0.2, 0) is 6.61 Å². The summed E-state index contributed by atoms with van der Waals surface area (Å²) in [6.07, 6.45) is 1.59. The normalized spacial score (nSPS) is 11.6. The number of furan rings is 1. The van der Waals surface area contributed by atoms with Crippen LogP contribution in [0.5, 0.6) is 5.75 Å². The van der Waals surface area contributed by atoms with E-state index < -0.39 is 0 Å². The van der Waals surface area contributed by atoms with Crippen LogP contribution in [0.25, 0.3) is 33.5 Å². The molecule has 40 heavy (non-hydrogen) atoms. The Labute approximate surface area is 258 Å². The first kappa shape index (κ1) is 27.0. The van der Waals surface area contributed by atoms with Gasteiger partial charge in [-0.3, -0.25) is 4.79 Å². The monoisotopic (exact) mass is 739 g/mol. The predicted molar refractivity (Wildman–Crippen MR) is 170 cm³/mol. The van der Waals surface area contributed by atoms with Gasteiger partial charge in [-0.15, -0.1) is 0 Å². The maximum Gasteiger partial charge on any atom is 0.282 e. The van der Waals surface area contributed by atoms with Crippen molar-refractivity contribution in [2.24, 2.45) is 5.10 Å². The molecule has 10 heteroatoms. The van der Waals surface area contributed by atoms with Gasteiger partial charge < -0.3 is 9.15 Å². The summed E-state index contributed by atoms with van der Waals surface area (Å²) in [5, 5.41) is 6.38. The molecule has 0 saturated heterocycles. The van der Waals surface area contributed by atoms with E-state index in [4.69, 9.17) is 25.7 Å². The first-order chi connectivity index (χ1) is 19.4. The summed E-state index contributed by atoms with van der Waals surface area (Å²) >= 11 is 16.8. The molecule has 6 nitrogen and oxygen atoms in total. The average Bonchev–Trinajstić information content (AvgIpc) is 3.36. The van der Waals surface area contributed by atoms with Gasteiger partial charge in [0.1, 0.15) is 17.9 Å². The smallest absolute Gasteiger partial charge is 0.282 e. The second-order valence-electron chi connectivity index (χ2n) is 8.84. The van der Waals surface area contributed by atoms with Crippen molar-refractivity contribution in [1.29, 1.82) is 0 Å². The van der Waals surface area contributed by atoms with Gasteiger partial charge in [0, 0.05) is 14.9 Å². The van der Waals surface area contributed by atoms with Gasteiger partial charge in [-0.2, -0.15) is 9.78 Å². The van der Waals surface area contributed by atoms with E-state index in [0.29, 0.717) is 39.6 Å². The number of nitrogens with zero attached hydrogens (tertiary/aromatic N) is 3. The lowest BCUT2D eigenvalue weighted by molar-refractivity contribution is 0.302. The van der Waals surface area contributed by atoms with Crippen molar-refractivity contribution in [2.45, 2.75) is 6.61 Å². The number of rotatable bonds is 6. The van der Waals surface area contributed by atoms with Gasteiger partial charge in [0.15, 0.2) is 5.76 Å². The minimum atomic E-state index is -0.317. The zero-order chi connectivity index (χ0) is 27.8. The summed E-state index contributed by atoms with van der Waals surface area (Å²) in [4.78, 5) is 18.3. The molecule has 6 aromatic rings. The number of hydrogen-bond donors (Lipinski definition) is 0. The third-order valence-electron chi connectivity index (χ3n) is 6.09. The molecule has 198 valence electrons. The minimum absolute atomic E-state index is 0.278. The molecule has 0 saturated carbocycles. The summed E-state index contributed by atoms with van der Waals surface area (Å²) < 4.78 is 15.8. The van der Waals surface area contributed by atoms with E-state index in [2.05, 4.69) is 52.9 Å². The molecule has 0 radical (unpaired) electrons. The number of ether oxygens (including phenoxy) is 1. The lowest BCUT2D eigenvalue weighted by Gasteiger charge is -2.12. The van der Waals surface area contributed by atoms with E-state index in [9.17, 15) is 4.79 Å². The fourth-order valence-corrected chi connectivity index (χ4v) is 6.06. The van der Waals surface area contributed by atoms with Gasteiger partial charge in [0.25, 0.3) is 5.56 Å². The molecule has 0 fully saturated rings. The molecular formula is C30H17Br3ClN3O3. The highest BCUT2D eigenvalue weighted by Crippen LogP contribution is 2.35. The molecule has 0 aliphatic rings. The summed E-state index contributed by atoms with van der Waals surface area (Å²) in [6, 6.07) is 25.9. The van der Waals surface area contributed by atoms with Gasteiger partial charge in [-0.25, -0.2) is 4.98 Å². The van der Waals surface area contributed by atoms with Crippen molar-refractivity contribution in [3.8, 4) is 17.3 Å². The molecule has 2 heterocycles. The molecule has 0 N–H and O–H groups in total. The molecule has 0 atom stereocenters. The summed E-state index contributed by atoms with van der Waals surface area (Å²) in [6.45, 7) is 0.405. The SMILES string of the molecule is O=c1c2ccccc2nc(-c2cc3cc(Cl)ccc3o2)n1N=Cc1cc(Br)c(OCc2ccc(Br)cc2)c(Br)c1. The quantitative estimate of drug-likeness (QED) is 0.160. The van der Waals surface area contributed by atoms with Crippen LogP contribution >= 0.6 is 59.4 Å². The fraction of sp³-hybridized carbons (Fsp3) is 0.0333. The number of halogens is 4. The Balaban J connectivity index is 1.37. The molecule has 0 spiro atoms. The zero-order valence-corrected chi connectivity index (χ0v) is 26.0. The van der Waals surface area contributed by atoms with Crippen LogP contribution in [0.4, 0.5) is 0 Å². The molecular weight excluding hydrogens is 726 g/mol. The highest BCUT2D eigenvalue weighted by molar-refractivity contribution is 9.11. The maximum absolute atomic E-state index is 13.5. The van der Waals surface area contributed by atoms with Crippen LogP contribution in [0.3, 0.4) is 0 Å². The number of hydrogen-bond acceptors (Lipinski definition) is 5. The van der Waals surface area contributed by atoms with Gasteiger partial charge in [0.2, 0.25) is 5.82 Å². The summed E-state index contributed by atoms with van der Waals surface area (Å²) in [5.74, 6) is 1.34. The molecule has 0 aliphatic carbocycles. The third kappa shape index (κ3) is 5.51. The van der Waals surface area contributed by atoms with E-state index in [1.165, 1.54) is 4.68 Å². The molecule has 0 aliphatic heterocycles. The molecule has 4 aromatic carbocycles. The van der Waals surface area contributed by atoms with E-state index >= 15 is 0 Å². The number of para-hydroxylation sites is 1. The second kappa shape index (κ2) is 11.3. The van der Waals surface area contributed by atoms with Crippen LogP contribution < -0.4 is 10.3 Å². The number of fused-ring (bicyclic) bond motifs is 2. The Morgan fingerprint density at radius 3 is 2.48 bits per heavy atom. The molecule has 0 amide bonds. The van der Waals surface area contributed by atoms with Gasteiger partial charge >= 0.3 is 0 Å². The Kier molecular flexibility index (Phi) is 7.63. The summed E-state index contributed by atoms with van der Waals surface area (Å²) in [5.41, 5.74) is 2.63. The topological polar surface area (TPSA) is 69.6 Å². The lowest BCUT2D eigenvalue weighted by Crippen LogP contribution is -2.20. The largest absolute Gasteiger partial charge is 0.487 e. The van der Waals surface area contributed by atoms with Crippen molar-refractivity contribution in [2.75, 3.05) is 0 Å². The Morgan fingerprint density at radius 2 is 1.70 bits per heavy atom. The summed E-state index contributed by atoms with van der Waals surface area (Å²) in [7, 11) is 0. The van der Waals surface area contributed by atoms with Gasteiger partial charge in [-0.05, 0) is 104 Å². The number of benzene rings is 4. The first-order valence-corrected chi connectivity index (χ1v) is 14.7. The Morgan fingerprint density at radius 1 is 0.950 bits per heavy atom. The first-order valence-electron chi connectivity index (χ1n) is 12.0. The van der Waals surface area contributed by atoms with E-state index in [1.54, 1.807) is 48.7 Å².